The fourth-order valence-corrected chi connectivity index (χ4v) is 15.1. The summed E-state index contributed by atoms with van der Waals surface area (Å²) in [5.74, 6) is 0. The molecule has 0 bridgehead atoms. The van der Waals surface area contributed by atoms with Crippen molar-refractivity contribution in [3.63, 3.8) is 0 Å². The highest BCUT2D eigenvalue weighted by molar-refractivity contribution is 7.32. The lowest BCUT2D eigenvalue weighted by molar-refractivity contribution is 0.332. The van der Waals surface area contributed by atoms with Crippen molar-refractivity contribution in [2.45, 2.75) is 142 Å². The zero-order valence-corrected chi connectivity index (χ0v) is 44.7. The van der Waals surface area contributed by atoms with Crippen LogP contribution in [0.2, 0.25) is 0 Å². The first-order chi connectivity index (χ1) is 33.0. The molecule has 1 aromatic heterocycles. The fraction of sp³-hybridized carbons (Fsp3) is 0.333. The summed E-state index contributed by atoms with van der Waals surface area (Å²) in [5.41, 5.74) is 27.3. The highest BCUT2D eigenvalue weighted by Gasteiger charge is 2.52. The van der Waals surface area contributed by atoms with Gasteiger partial charge in [-0.25, -0.2) is 0 Å². The topological polar surface area (TPSA) is 6.48 Å². The van der Waals surface area contributed by atoms with E-state index in [0.717, 1.165) is 0 Å². The number of fused-ring (bicyclic) bond motifs is 14. The van der Waals surface area contributed by atoms with Gasteiger partial charge >= 0.3 is 6.85 Å². The first-order valence-electron chi connectivity index (χ1n) is 26.0. The second-order valence-electron chi connectivity index (χ2n) is 26.0. The number of nitrogens with zero attached hydrogens (tertiary/aromatic N) is 2. The van der Waals surface area contributed by atoms with Gasteiger partial charge in [-0.2, -0.15) is 0 Å². The molecule has 70 heavy (non-hydrogen) atoms. The van der Waals surface area contributed by atoms with Gasteiger partial charge < -0.3 is 9.71 Å². The van der Waals surface area contributed by atoms with Crippen LogP contribution in [0.3, 0.4) is 0 Å². The molecule has 3 heterocycles. The van der Waals surface area contributed by atoms with Crippen LogP contribution in [0.1, 0.15) is 154 Å². The molecule has 13 rings (SSSR count). The van der Waals surface area contributed by atoms with Crippen LogP contribution in [-0.2, 0) is 32.5 Å². The third kappa shape index (κ3) is 5.86. The van der Waals surface area contributed by atoms with E-state index in [9.17, 15) is 0 Å². The molecule has 4 heteroatoms. The summed E-state index contributed by atoms with van der Waals surface area (Å²) in [5, 5.41) is 1.37. The van der Waals surface area contributed by atoms with Crippen molar-refractivity contribution in [2.75, 3.05) is 9.71 Å². The number of benzene rings is 7. The van der Waals surface area contributed by atoms with E-state index in [1.54, 1.807) is 0 Å². The summed E-state index contributed by atoms with van der Waals surface area (Å²) in [7, 11) is 0. The molecular formula is C66H67BN2S. The standard InChI is InChI=1S/C66H67BN2S/c1-61(2,3)38-23-27-40(28-24-38)68-54-35-45-43-20-16-18-22-49(43)66(13,14)57(45)56-46-33-44-42-19-15-17-21-48(42)65(11,12)50(44)36-53(46)69(41-29-25-39(26-30-41)62(4,5)6)67(58(54)56)60-59(68)47-34-51-52(37-55(47)70-60)64(9,10)32-31-63(51,7)8/h15-30,33-37H,31-32H2,1-14H3. The molecule has 7 aromatic carbocycles. The molecule has 8 aromatic rings. The minimum atomic E-state index is -0.235. The quantitative estimate of drug-likeness (QED) is 0.159. The molecule has 2 aliphatic heterocycles. The summed E-state index contributed by atoms with van der Waals surface area (Å²) in [6.45, 7) is 33.7. The van der Waals surface area contributed by atoms with Crippen LogP contribution in [0.5, 0.6) is 0 Å². The van der Waals surface area contributed by atoms with Gasteiger partial charge in [0.1, 0.15) is 0 Å². The Kier molecular flexibility index (Phi) is 8.81. The summed E-state index contributed by atoms with van der Waals surface area (Å²) in [6.07, 6.45) is 2.37. The Morgan fingerprint density at radius 3 is 1.63 bits per heavy atom. The Morgan fingerprint density at radius 2 is 1.03 bits per heavy atom. The Balaban J connectivity index is 1.22. The largest absolute Gasteiger partial charge is 0.376 e. The zero-order valence-electron chi connectivity index (χ0n) is 43.9. The number of rotatable bonds is 2. The number of thiophene rings is 1. The molecule has 0 atom stereocenters. The van der Waals surface area contributed by atoms with Gasteiger partial charge in [-0.3, -0.25) is 0 Å². The first-order valence-corrected chi connectivity index (χ1v) is 26.8. The van der Waals surface area contributed by atoms with Crippen LogP contribution in [0.25, 0.3) is 43.5 Å². The van der Waals surface area contributed by atoms with Gasteiger partial charge in [0.25, 0.3) is 0 Å². The van der Waals surface area contributed by atoms with Crippen molar-refractivity contribution in [1.29, 1.82) is 0 Å². The van der Waals surface area contributed by atoms with E-state index in [2.05, 4.69) is 245 Å². The number of anilines is 5. The first kappa shape index (κ1) is 44.1. The molecule has 0 saturated heterocycles. The van der Waals surface area contributed by atoms with Crippen LogP contribution < -0.4 is 20.0 Å². The minimum Gasteiger partial charge on any atom is -0.376 e. The molecular weight excluding hydrogens is 864 g/mol. The van der Waals surface area contributed by atoms with E-state index in [-0.39, 0.29) is 39.3 Å². The molecule has 3 aliphatic carbocycles. The Bertz CT molecular complexity index is 3570. The Labute approximate surface area is 421 Å². The van der Waals surface area contributed by atoms with E-state index < -0.39 is 0 Å². The molecule has 0 unspecified atom stereocenters. The lowest BCUT2D eigenvalue weighted by atomic mass is 9.45. The predicted molar refractivity (Wildman–Crippen MR) is 303 cm³/mol. The highest BCUT2D eigenvalue weighted by Crippen LogP contribution is 2.61. The van der Waals surface area contributed by atoms with Crippen LogP contribution in [0, 0.1) is 0 Å². The van der Waals surface area contributed by atoms with Crippen LogP contribution in [-0.4, -0.2) is 6.85 Å². The van der Waals surface area contributed by atoms with Gasteiger partial charge in [0.15, 0.2) is 0 Å². The van der Waals surface area contributed by atoms with E-state index in [1.807, 2.05) is 0 Å². The van der Waals surface area contributed by atoms with Crippen molar-refractivity contribution in [3.8, 4) is 33.4 Å². The smallest absolute Gasteiger partial charge is 0.343 e. The van der Waals surface area contributed by atoms with Crippen molar-refractivity contribution < 1.29 is 0 Å². The average Bonchev–Trinajstić information content (AvgIpc) is 3.88. The zero-order chi connectivity index (χ0) is 49.0. The third-order valence-corrected chi connectivity index (χ3v) is 19.2. The van der Waals surface area contributed by atoms with Crippen LogP contribution in [0.15, 0.2) is 127 Å². The van der Waals surface area contributed by atoms with Crippen LogP contribution >= 0.6 is 11.3 Å². The van der Waals surface area contributed by atoms with E-state index in [4.69, 9.17) is 0 Å². The van der Waals surface area contributed by atoms with E-state index in [1.165, 1.54) is 139 Å². The molecule has 0 amide bonds. The lowest BCUT2D eigenvalue weighted by Gasteiger charge is -2.46. The maximum atomic E-state index is 2.79. The fourth-order valence-electron chi connectivity index (χ4n) is 13.8. The van der Waals surface area contributed by atoms with Gasteiger partial charge in [0, 0.05) is 54.0 Å². The van der Waals surface area contributed by atoms with E-state index in [0.29, 0.717) is 0 Å². The Morgan fingerprint density at radius 1 is 0.486 bits per heavy atom. The van der Waals surface area contributed by atoms with Crippen molar-refractivity contribution in [3.05, 3.63) is 172 Å². The molecule has 0 fully saturated rings. The summed E-state index contributed by atoms with van der Waals surface area (Å²) >= 11 is 2.05. The average molecular weight is 931 g/mol. The van der Waals surface area contributed by atoms with Gasteiger partial charge in [0.2, 0.25) is 0 Å². The normalized spacial score (nSPS) is 18.1. The second-order valence-corrected chi connectivity index (χ2v) is 27.1. The van der Waals surface area contributed by atoms with Crippen molar-refractivity contribution in [1.82, 2.24) is 0 Å². The van der Waals surface area contributed by atoms with Gasteiger partial charge in [-0.15, -0.1) is 11.3 Å². The summed E-state index contributed by atoms with van der Waals surface area (Å²) in [4.78, 5) is 5.51. The predicted octanol–water partition coefficient (Wildman–Crippen LogP) is 17.2. The maximum Gasteiger partial charge on any atom is 0.343 e. The van der Waals surface area contributed by atoms with Crippen LogP contribution in [0.4, 0.5) is 28.4 Å². The summed E-state index contributed by atoms with van der Waals surface area (Å²) < 4.78 is 2.81. The lowest BCUT2D eigenvalue weighted by Crippen LogP contribution is -2.61. The van der Waals surface area contributed by atoms with Crippen molar-refractivity contribution >= 4 is 66.9 Å². The molecule has 0 spiro atoms. The molecule has 0 N–H and O–H groups in total. The Hall–Kier alpha value is -5.84. The molecule has 0 saturated carbocycles. The third-order valence-electron chi connectivity index (χ3n) is 18.0. The monoisotopic (exact) mass is 931 g/mol. The van der Waals surface area contributed by atoms with E-state index >= 15 is 0 Å². The van der Waals surface area contributed by atoms with Gasteiger partial charge in [-0.1, -0.05) is 170 Å². The van der Waals surface area contributed by atoms with Gasteiger partial charge in [-0.05, 0) is 167 Å². The molecule has 0 radical (unpaired) electrons. The van der Waals surface area contributed by atoms with Crippen molar-refractivity contribution in [2.24, 2.45) is 0 Å². The maximum absolute atomic E-state index is 2.79. The minimum absolute atomic E-state index is 0.0308. The second kappa shape index (κ2) is 14.0. The van der Waals surface area contributed by atoms with Gasteiger partial charge in [0.05, 0.1) is 5.69 Å². The molecule has 350 valence electrons. The highest BCUT2D eigenvalue weighted by atomic mass is 32.1. The molecule has 2 nitrogen and oxygen atoms in total. The number of hydrogen-bond donors (Lipinski definition) is 0. The number of hydrogen-bond acceptors (Lipinski definition) is 3. The summed E-state index contributed by atoms with van der Waals surface area (Å²) in [6, 6.07) is 50.9. The molecule has 5 aliphatic rings. The SMILES string of the molecule is CC(C)(C)c1ccc(N2B3c4sc5cc6c(cc5c4N(c4ccc(C(C)(C)C)cc4)c4cc5c(c(c43)-c3cc4c(cc32)C(C)(C)c2ccccc2-4)C(C)(C)c2ccccc2-5)C(C)(C)CCC6(C)C)cc1.